The average Bonchev–Trinajstić information content (AvgIpc) is 2.73. The molecule has 1 heterocycles. The topological polar surface area (TPSA) is 73.2 Å². The van der Waals surface area contributed by atoms with Gasteiger partial charge in [0.15, 0.2) is 0 Å². The molecule has 3 rings (SSSR count). The zero-order valence-corrected chi connectivity index (χ0v) is 17.0. The van der Waals surface area contributed by atoms with Crippen molar-refractivity contribution in [3.63, 3.8) is 0 Å². The van der Waals surface area contributed by atoms with Gasteiger partial charge in [-0.05, 0) is 38.1 Å². The van der Waals surface area contributed by atoms with Crippen LogP contribution in [0.1, 0.15) is 24.1 Å². The normalized spacial score (nSPS) is 12.3. The Bertz CT molecular complexity index is 1160. The van der Waals surface area contributed by atoms with E-state index in [4.69, 9.17) is 4.74 Å². The highest BCUT2D eigenvalue weighted by atomic mass is 19.4. The summed E-state index contributed by atoms with van der Waals surface area (Å²) in [6.07, 6.45) is -4.59. The van der Waals surface area contributed by atoms with Gasteiger partial charge >= 0.3 is 6.18 Å². The van der Waals surface area contributed by atoms with Crippen LogP contribution in [0.3, 0.4) is 0 Å². The maximum Gasteiger partial charge on any atom is 0.416 e. The molecule has 0 fully saturated rings. The van der Waals surface area contributed by atoms with Gasteiger partial charge in [0.05, 0.1) is 24.1 Å². The summed E-state index contributed by atoms with van der Waals surface area (Å²) >= 11 is 0. The molecular formula is C22H20F3N3O3. The summed E-state index contributed by atoms with van der Waals surface area (Å²) in [5.74, 6) is -0.657. The van der Waals surface area contributed by atoms with Crippen molar-refractivity contribution in [1.29, 1.82) is 0 Å². The number of anilines is 1. The molecule has 0 aliphatic carbocycles. The number of aryl methyl sites for hydroxylation is 1. The van der Waals surface area contributed by atoms with Crippen LogP contribution in [0.2, 0.25) is 0 Å². The number of methoxy groups -OCH3 is 1. The first kappa shape index (κ1) is 22.1. The van der Waals surface area contributed by atoms with Gasteiger partial charge in [0.1, 0.15) is 11.8 Å². The molecule has 1 N–H and O–H groups in total. The molecule has 162 valence electrons. The molecule has 6 nitrogen and oxygen atoms in total. The number of carbonyl (C=O) groups excluding carboxylic acids is 1. The molecule has 0 spiro atoms. The smallest absolute Gasteiger partial charge is 0.416 e. The maximum absolute atomic E-state index is 13.0. The summed E-state index contributed by atoms with van der Waals surface area (Å²) in [5, 5.41) is 6.67. The Morgan fingerprint density at radius 2 is 1.77 bits per heavy atom. The number of halogens is 3. The van der Waals surface area contributed by atoms with Crippen molar-refractivity contribution < 1.29 is 22.7 Å². The van der Waals surface area contributed by atoms with Crippen molar-refractivity contribution in [3.8, 4) is 17.0 Å². The van der Waals surface area contributed by atoms with Crippen molar-refractivity contribution in [1.82, 2.24) is 9.78 Å². The second-order valence-electron chi connectivity index (χ2n) is 6.95. The van der Waals surface area contributed by atoms with Gasteiger partial charge in [0, 0.05) is 11.6 Å². The number of carbonyl (C=O) groups is 1. The number of rotatable bonds is 5. The largest absolute Gasteiger partial charge is 0.495 e. The van der Waals surface area contributed by atoms with E-state index in [1.807, 2.05) is 31.2 Å². The zero-order valence-electron chi connectivity index (χ0n) is 17.0. The van der Waals surface area contributed by atoms with Crippen molar-refractivity contribution in [3.05, 3.63) is 76.1 Å². The van der Waals surface area contributed by atoms with Gasteiger partial charge in [-0.1, -0.05) is 29.8 Å². The second-order valence-corrected chi connectivity index (χ2v) is 6.95. The van der Waals surface area contributed by atoms with E-state index in [1.54, 1.807) is 6.07 Å². The summed E-state index contributed by atoms with van der Waals surface area (Å²) in [6.45, 7) is 3.37. The van der Waals surface area contributed by atoms with Crippen LogP contribution in [0.15, 0.2) is 59.4 Å². The number of nitrogens with zero attached hydrogens (tertiary/aromatic N) is 2. The minimum absolute atomic E-state index is 0.0577. The number of ether oxygens (including phenoxy) is 1. The monoisotopic (exact) mass is 431 g/mol. The van der Waals surface area contributed by atoms with Crippen molar-refractivity contribution in [2.75, 3.05) is 12.4 Å². The first-order valence-electron chi connectivity index (χ1n) is 9.33. The Labute approximate surface area is 176 Å². The van der Waals surface area contributed by atoms with Crippen LogP contribution in [-0.2, 0) is 11.0 Å². The van der Waals surface area contributed by atoms with Crippen LogP contribution in [0, 0.1) is 6.92 Å². The molecule has 3 aromatic rings. The number of alkyl halides is 3. The standard InChI is InChI=1S/C22H20F3N3O3/c1-13-4-6-15(7-5-13)17-9-11-20(29)28(27-17)14(2)21(30)26-18-12-16(22(23,24)25)8-10-19(18)31-3/h4-12,14H,1-3H3,(H,26,30). The Morgan fingerprint density at radius 1 is 1.10 bits per heavy atom. The average molecular weight is 431 g/mol. The van der Waals surface area contributed by atoms with Crippen LogP contribution < -0.4 is 15.6 Å². The summed E-state index contributed by atoms with van der Waals surface area (Å²) in [4.78, 5) is 25.0. The predicted molar refractivity (Wildman–Crippen MR) is 110 cm³/mol. The van der Waals surface area contributed by atoms with Gasteiger partial charge in [-0.25, -0.2) is 4.68 Å². The molecule has 1 aromatic heterocycles. The number of nitrogens with one attached hydrogen (secondary N) is 1. The molecule has 1 unspecified atom stereocenters. The molecule has 1 amide bonds. The molecule has 0 saturated heterocycles. The number of benzene rings is 2. The first-order chi connectivity index (χ1) is 14.6. The van der Waals surface area contributed by atoms with Crippen molar-refractivity contribution >= 4 is 11.6 Å². The molecule has 2 aromatic carbocycles. The molecule has 0 saturated carbocycles. The van der Waals surface area contributed by atoms with Crippen molar-refractivity contribution in [2.45, 2.75) is 26.1 Å². The van der Waals surface area contributed by atoms with E-state index in [0.29, 0.717) is 5.69 Å². The van der Waals surface area contributed by atoms with Crippen LogP contribution in [0.4, 0.5) is 18.9 Å². The van der Waals surface area contributed by atoms with Crippen LogP contribution in [-0.4, -0.2) is 22.8 Å². The Balaban J connectivity index is 1.91. The van der Waals surface area contributed by atoms with Gasteiger partial charge in [-0.15, -0.1) is 0 Å². The Kier molecular flexibility index (Phi) is 6.14. The van der Waals surface area contributed by atoms with E-state index < -0.39 is 29.2 Å². The lowest BCUT2D eigenvalue weighted by Gasteiger charge is -2.17. The number of hydrogen-bond donors (Lipinski definition) is 1. The van der Waals surface area contributed by atoms with E-state index in [1.165, 1.54) is 20.1 Å². The lowest BCUT2D eigenvalue weighted by atomic mass is 10.1. The number of aromatic nitrogens is 2. The summed E-state index contributed by atoms with van der Waals surface area (Å²) < 4.78 is 45.2. The van der Waals surface area contributed by atoms with Gasteiger partial charge in [-0.3, -0.25) is 9.59 Å². The number of hydrogen-bond acceptors (Lipinski definition) is 4. The maximum atomic E-state index is 13.0. The highest BCUT2D eigenvalue weighted by Crippen LogP contribution is 2.35. The van der Waals surface area contributed by atoms with Gasteiger partial charge in [-0.2, -0.15) is 18.3 Å². The number of amides is 1. The molecular weight excluding hydrogens is 411 g/mol. The second kappa shape index (κ2) is 8.63. The van der Waals surface area contributed by atoms with Crippen LogP contribution in [0.25, 0.3) is 11.3 Å². The highest BCUT2D eigenvalue weighted by Gasteiger charge is 2.31. The molecule has 0 radical (unpaired) electrons. The fourth-order valence-corrected chi connectivity index (χ4v) is 2.91. The molecule has 0 bridgehead atoms. The van der Waals surface area contributed by atoms with E-state index >= 15 is 0 Å². The zero-order chi connectivity index (χ0) is 22.8. The minimum Gasteiger partial charge on any atom is -0.495 e. The molecule has 31 heavy (non-hydrogen) atoms. The van der Waals surface area contributed by atoms with E-state index in [-0.39, 0.29) is 11.4 Å². The third-order valence-electron chi connectivity index (χ3n) is 4.70. The lowest BCUT2D eigenvalue weighted by Crippen LogP contribution is -2.33. The fourth-order valence-electron chi connectivity index (χ4n) is 2.91. The van der Waals surface area contributed by atoms with Gasteiger partial charge in [0.2, 0.25) is 5.91 Å². The molecule has 0 aliphatic heterocycles. The van der Waals surface area contributed by atoms with E-state index in [0.717, 1.165) is 34.0 Å². The third-order valence-corrected chi connectivity index (χ3v) is 4.70. The van der Waals surface area contributed by atoms with Crippen LogP contribution in [0.5, 0.6) is 5.75 Å². The Morgan fingerprint density at radius 3 is 2.39 bits per heavy atom. The van der Waals surface area contributed by atoms with Crippen LogP contribution >= 0.6 is 0 Å². The molecule has 1 atom stereocenters. The summed E-state index contributed by atoms with van der Waals surface area (Å²) in [6, 6.07) is 12.0. The van der Waals surface area contributed by atoms with E-state index in [2.05, 4.69) is 10.4 Å². The van der Waals surface area contributed by atoms with Gasteiger partial charge in [0.25, 0.3) is 5.56 Å². The first-order valence-corrected chi connectivity index (χ1v) is 9.33. The predicted octanol–water partition coefficient (Wildman–Crippen LogP) is 4.45. The fraction of sp³-hybridized carbons (Fsp3) is 0.227. The quantitative estimate of drug-likeness (QED) is 0.648. The third kappa shape index (κ3) is 4.93. The van der Waals surface area contributed by atoms with Gasteiger partial charge < -0.3 is 10.1 Å². The highest BCUT2D eigenvalue weighted by molar-refractivity contribution is 5.94. The minimum atomic E-state index is -4.59. The van der Waals surface area contributed by atoms with E-state index in [9.17, 15) is 22.8 Å². The SMILES string of the molecule is COc1ccc(C(F)(F)F)cc1NC(=O)C(C)n1nc(-c2ccc(C)cc2)ccc1=O. The Hall–Kier alpha value is -3.62. The summed E-state index contributed by atoms with van der Waals surface area (Å²) in [7, 11) is 1.28. The molecule has 9 heteroatoms. The lowest BCUT2D eigenvalue weighted by molar-refractivity contribution is -0.137. The van der Waals surface area contributed by atoms with Crippen molar-refractivity contribution in [2.24, 2.45) is 0 Å². The summed E-state index contributed by atoms with van der Waals surface area (Å²) in [5.41, 5.74) is 0.682. The molecule has 0 aliphatic rings.